The Morgan fingerprint density at radius 2 is 2.09 bits per heavy atom. The predicted molar refractivity (Wildman–Crippen MR) is 85.2 cm³/mol. The molecule has 0 aromatic heterocycles. The van der Waals surface area contributed by atoms with E-state index in [2.05, 4.69) is 6.07 Å². The largest absolute Gasteiger partial charge is 0.481 e. The molecule has 1 aliphatic rings. The van der Waals surface area contributed by atoms with Crippen molar-refractivity contribution in [2.24, 2.45) is 5.73 Å². The topological polar surface area (TPSA) is 96.3 Å². The van der Waals surface area contributed by atoms with Crippen LogP contribution in [0.5, 0.6) is 0 Å². The summed E-state index contributed by atoms with van der Waals surface area (Å²) in [5.41, 5.74) is 6.69. The van der Waals surface area contributed by atoms with Gasteiger partial charge in [0.25, 0.3) is 0 Å². The molecule has 5 nitrogen and oxygen atoms in total. The van der Waals surface area contributed by atoms with E-state index < -0.39 is 17.4 Å². The Balaban J connectivity index is 0.00000242. The van der Waals surface area contributed by atoms with E-state index >= 15 is 0 Å². The van der Waals surface area contributed by atoms with Crippen molar-refractivity contribution in [3.63, 3.8) is 0 Å². The third kappa shape index (κ3) is 4.11. The summed E-state index contributed by atoms with van der Waals surface area (Å²) in [7, 11) is 0. The Labute approximate surface area is 140 Å². The van der Waals surface area contributed by atoms with E-state index in [1.807, 2.05) is 0 Å². The first kappa shape index (κ1) is 18.7. The molecule has 0 saturated carbocycles. The van der Waals surface area contributed by atoms with Gasteiger partial charge in [-0.3, -0.25) is 4.79 Å². The van der Waals surface area contributed by atoms with Crippen molar-refractivity contribution in [2.75, 3.05) is 13.2 Å². The molecular formula is C15H18Cl2N2O3. The van der Waals surface area contributed by atoms with E-state index in [0.717, 1.165) is 5.56 Å². The second-order valence-electron chi connectivity index (χ2n) is 5.28. The summed E-state index contributed by atoms with van der Waals surface area (Å²) in [5.74, 6) is -0.968. The zero-order valence-electron chi connectivity index (χ0n) is 11.9. The molecule has 1 atom stereocenters. The number of halogens is 2. The van der Waals surface area contributed by atoms with Crippen molar-refractivity contribution < 1.29 is 14.6 Å². The highest BCUT2D eigenvalue weighted by atomic mass is 35.5. The van der Waals surface area contributed by atoms with Crippen LogP contribution in [0.3, 0.4) is 0 Å². The van der Waals surface area contributed by atoms with E-state index in [-0.39, 0.29) is 18.8 Å². The fourth-order valence-electron chi connectivity index (χ4n) is 2.59. The molecule has 22 heavy (non-hydrogen) atoms. The summed E-state index contributed by atoms with van der Waals surface area (Å²) in [6.07, 6.45) is 1.01. The molecule has 1 heterocycles. The monoisotopic (exact) mass is 344 g/mol. The Hall–Kier alpha value is -1.32. The molecule has 0 radical (unpaired) electrons. The van der Waals surface area contributed by atoms with Crippen molar-refractivity contribution in [3.8, 4) is 6.07 Å². The highest BCUT2D eigenvalue weighted by Crippen LogP contribution is 2.36. The van der Waals surface area contributed by atoms with Gasteiger partial charge in [-0.15, -0.1) is 12.4 Å². The lowest BCUT2D eigenvalue weighted by atomic mass is 9.75. The fourth-order valence-corrected chi connectivity index (χ4v) is 2.84. The number of benzene rings is 1. The number of carboxylic acids is 1. The Morgan fingerprint density at radius 3 is 2.64 bits per heavy atom. The molecule has 1 aromatic carbocycles. The maximum atomic E-state index is 10.8. The van der Waals surface area contributed by atoms with E-state index in [0.29, 0.717) is 36.6 Å². The number of carbonyl (C=O) groups is 1. The predicted octanol–water partition coefficient (Wildman–Crippen LogP) is 2.81. The van der Waals surface area contributed by atoms with Crippen molar-refractivity contribution in [1.29, 1.82) is 5.26 Å². The zero-order valence-corrected chi connectivity index (χ0v) is 13.5. The van der Waals surface area contributed by atoms with Crippen LogP contribution in [0.2, 0.25) is 5.02 Å². The summed E-state index contributed by atoms with van der Waals surface area (Å²) in [5, 5.41) is 18.9. The number of nitrogens with two attached hydrogens (primary N) is 1. The van der Waals surface area contributed by atoms with E-state index in [1.165, 1.54) is 0 Å². The van der Waals surface area contributed by atoms with Gasteiger partial charge in [-0.25, -0.2) is 0 Å². The lowest BCUT2D eigenvalue weighted by Crippen LogP contribution is -2.32. The number of ether oxygens (including phenoxy) is 1. The van der Waals surface area contributed by atoms with Crippen molar-refractivity contribution in [2.45, 2.75) is 30.7 Å². The number of nitrogens with zero attached hydrogens (tertiary/aromatic N) is 1. The van der Waals surface area contributed by atoms with E-state index in [1.54, 1.807) is 18.2 Å². The molecule has 7 heteroatoms. The minimum absolute atomic E-state index is 0. The summed E-state index contributed by atoms with van der Waals surface area (Å²) in [6.45, 7) is 1.05. The molecule has 1 aromatic rings. The van der Waals surface area contributed by atoms with Gasteiger partial charge in [-0.2, -0.15) is 5.26 Å². The van der Waals surface area contributed by atoms with Gasteiger partial charge in [0.2, 0.25) is 0 Å². The first-order valence-electron chi connectivity index (χ1n) is 6.74. The van der Waals surface area contributed by atoms with Gasteiger partial charge in [0.15, 0.2) is 0 Å². The zero-order chi connectivity index (χ0) is 15.5. The fraction of sp³-hybridized carbons (Fsp3) is 0.467. The van der Waals surface area contributed by atoms with E-state index in [4.69, 9.17) is 27.2 Å². The lowest BCUT2D eigenvalue weighted by molar-refractivity contribution is -0.137. The maximum Gasteiger partial charge on any atom is 0.305 e. The maximum absolute atomic E-state index is 10.8. The van der Waals surface area contributed by atoms with Gasteiger partial charge in [0.05, 0.1) is 17.9 Å². The van der Waals surface area contributed by atoms with Crippen LogP contribution >= 0.6 is 24.0 Å². The molecule has 3 N–H and O–H groups in total. The average molecular weight is 345 g/mol. The number of hydrogen-bond donors (Lipinski definition) is 2. The molecule has 1 saturated heterocycles. The lowest BCUT2D eigenvalue weighted by Gasteiger charge is -2.31. The van der Waals surface area contributed by atoms with Gasteiger partial charge >= 0.3 is 5.97 Å². The number of rotatable bonds is 4. The molecule has 1 fully saturated rings. The Kier molecular flexibility index (Phi) is 6.64. The van der Waals surface area contributed by atoms with Crippen LogP contribution in [0, 0.1) is 11.3 Å². The van der Waals surface area contributed by atoms with Crippen LogP contribution in [0.4, 0.5) is 0 Å². The summed E-state index contributed by atoms with van der Waals surface area (Å²) < 4.78 is 5.32. The molecule has 2 rings (SSSR count). The van der Waals surface area contributed by atoms with Gasteiger partial charge in [0, 0.05) is 24.3 Å². The van der Waals surface area contributed by atoms with Crippen LogP contribution in [0.1, 0.15) is 36.4 Å². The summed E-state index contributed by atoms with van der Waals surface area (Å²) in [4.78, 5) is 10.8. The average Bonchev–Trinajstić information content (AvgIpc) is 2.46. The van der Waals surface area contributed by atoms with Crippen LogP contribution in [-0.4, -0.2) is 24.3 Å². The van der Waals surface area contributed by atoms with Crippen molar-refractivity contribution in [3.05, 3.63) is 34.3 Å². The second-order valence-corrected chi connectivity index (χ2v) is 5.72. The number of carboxylic acid groups (broad SMARTS) is 1. The number of hydrogen-bond acceptors (Lipinski definition) is 4. The Morgan fingerprint density at radius 1 is 1.45 bits per heavy atom. The summed E-state index contributed by atoms with van der Waals surface area (Å²) in [6, 6.07) is 6.94. The normalized spacial score (nSPS) is 17.9. The quantitative estimate of drug-likeness (QED) is 0.875. The van der Waals surface area contributed by atoms with Gasteiger partial charge in [-0.05, 0) is 36.1 Å². The molecule has 120 valence electrons. The molecule has 0 unspecified atom stereocenters. The molecule has 0 bridgehead atoms. The number of nitriles is 1. The minimum atomic E-state index is -0.968. The third-order valence-electron chi connectivity index (χ3n) is 3.86. The van der Waals surface area contributed by atoms with Crippen molar-refractivity contribution >= 4 is 30.0 Å². The van der Waals surface area contributed by atoms with Crippen molar-refractivity contribution in [1.82, 2.24) is 0 Å². The van der Waals surface area contributed by atoms with Crippen LogP contribution < -0.4 is 5.73 Å². The minimum Gasteiger partial charge on any atom is -0.481 e. The molecular weight excluding hydrogens is 327 g/mol. The van der Waals surface area contributed by atoms with Crippen LogP contribution in [0.15, 0.2) is 18.2 Å². The van der Waals surface area contributed by atoms with Gasteiger partial charge in [-0.1, -0.05) is 17.7 Å². The molecule has 0 amide bonds. The van der Waals surface area contributed by atoms with Crippen LogP contribution in [0.25, 0.3) is 0 Å². The first-order chi connectivity index (χ1) is 9.97. The highest BCUT2D eigenvalue weighted by molar-refractivity contribution is 6.30. The molecule has 0 spiro atoms. The summed E-state index contributed by atoms with van der Waals surface area (Å²) >= 11 is 6.13. The highest BCUT2D eigenvalue weighted by Gasteiger charge is 2.35. The standard InChI is InChI=1S/C15H17ClN2O3.ClH/c16-12-6-10(13(18)8-14(19)20)5-11(7-12)15(9-17)1-3-21-4-2-15;/h5-7,13H,1-4,8,18H2,(H,19,20);1H/t13-;/m0./s1. The molecule has 1 aliphatic heterocycles. The molecule has 0 aliphatic carbocycles. The van der Waals surface area contributed by atoms with Gasteiger partial charge in [0.1, 0.15) is 0 Å². The Bertz CT molecular complexity index is 581. The van der Waals surface area contributed by atoms with Gasteiger partial charge < -0.3 is 15.6 Å². The number of aliphatic carboxylic acids is 1. The van der Waals surface area contributed by atoms with E-state index in [9.17, 15) is 10.1 Å². The SMILES string of the molecule is Cl.N#CC1(c2cc(Cl)cc([C@@H](N)CC(=O)O)c2)CCOCC1. The van der Waals surface area contributed by atoms with Crippen LogP contribution in [-0.2, 0) is 14.9 Å². The third-order valence-corrected chi connectivity index (χ3v) is 4.07. The second kappa shape index (κ2) is 7.80. The smallest absolute Gasteiger partial charge is 0.305 e. The first-order valence-corrected chi connectivity index (χ1v) is 7.12.